The first kappa shape index (κ1) is 8.27. The van der Waals surface area contributed by atoms with Crippen LogP contribution in [0.5, 0.6) is 0 Å². The Morgan fingerprint density at radius 1 is 1.55 bits per heavy atom. The summed E-state index contributed by atoms with van der Waals surface area (Å²) in [6.45, 7) is 1.46. The molecule has 0 aliphatic rings. The van der Waals surface area contributed by atoms with Crippen molar-refractivity contribution in [3.63, 3.8) is 0 Å². The van der Waals surface area contributed by atoms with Crippen LogP contribution in [0.15, 0.2) is 29.2 Å². The Bertz CT molecular complexity index is 273. The Morgan fingerprint density at radius 2 is 2.27 bits per heavy atom. The summed E-state index contributed by atoms with van der Waals surface area (Å²) >= 11 is 0.148. The molecule has 1 nitrogen and oxygen atoms in total. The summed E-state index contributed by atoms with van der Waals surface area (Å²) in [6, 6.07) is 6.49. The molecule has 0 heterocycles. The lowest BCUT2D eigenvalue weighted by molar-refractivity contribution is 0.101. The van der Waals surface area contributed by atoms with Crippen LogP contribution < -0.4 is 0 Å². The van der Waals surface area contributed by atoms with Crippen molar-refractivity contribution in [1.82, 2.24) is 0 Å². The molecule has 0 amide bonds. The highest BCUT2D eigenvalue weighted by molar-refractivity contribution is 7.94. The van der Waals surface area contributed by atoms with E-state index < -0.39 is 0 Å². The van der Waals surface area contributed by atoms with E-state index in [9.17, 15) is 8.68 Å². The Morgan fingerprint density at radius 3 is 2.82 bits per heavy atom. The number of carbonyl (C=O) groups is 1. The van der Waals surface area contributed by atoms with E-state index >= 15 is 0 Å². The molecule has 1 rings (SSSR count). The first-order valence-corrected chi connectivity index (χ1v) is 3.85. The summed E-state index contributed by atoms with van der Waals surface area (Å²) in [5.41, 5.74) is 0.549. The molecule has 58 valence electrons. The van der Waals surface area contributed by atoms with E-state index in [2.05, 4.69) is 0 Å². The lowest BCUT2D eigenvalue weighted by atomic mass is 10.2. The van der Waals surface area contributed by atoms with E-state index in [1.807, 2.05) is 0 Å². The van der Waals surface area contributed by atoms with Crippen LogP contribution in [0.3, 0.4) is 0 Å². The van der Waals surface area contributed by atoms with Gasteiger partial charge in [-0.2, -0.15) is 3.89 Å². The molecule has 1 aromatic rings. The molecule has 0 spiro atoms. The smallest absolute Gasteiger partial charge is 0.159 e. The molecule has 1 aromatic carbocycles. The Balaban J connectivity index is 3.01. The first-order valence-electron chi connectivity index (χ1n) is 3.13. The number of Topliss-reactive ketones (excluding diaryl/α,β-unsaturated/α-hetero) is 1. The van der Waals surface area contributed by atoms with Crippen LogP contribution in [0.25, 0.3) is 0 Å². The van der Waals surface area contributed by atoms with Gasteiger partial charge in [0.15, 0.2) is 5.78 Å². The quantitative estimate of drug-likeness (QED) is 0.635. The Kier molecular flexibility index (Phi) is 2.65. The van der Waals surface area contributed by atoms with E-state index in [1.165, 1.54) is 13.0 Å². The number of halogens is 1. The summed E-state index contributed by atoms with van der Waals surface area (Å²) in [5, 5.41) is 0. The summed E-state index contributed by atoms with van der Waals surface area (Å²) in [5.74, 6) is -0.0408. The molecule has 0 saturated heterocycles. The summed E-state index contributed by atoms with van der Waals surface area (Å²) in [6.07, 6.45) is 0. The molecule has 3 heteroatoms. The van der Waals surface area contributed by atoms with Crippen LogP contribution in [-0.2, 0) is 0 Å². The van der Waals surface area contributed by atoms with Crippen LogP contribution in [0, 0.1) is 0 Å². The number of carbonyl (C=O) groups excluding carboxylic acids is 1. The average molecular weight is 170 g/mol. The zero-order valence-electron chi connectivity index (χ0n) is 6.00. The summed E-state index contributed by atoms with van der Waals surface area (Å²) in [7, 11) is 0. The van der Waals surface area contributed by atoms with Crippen LogP contribution in [-0.4, -0.2) is 5.78 Å². The maximum absolute atomic E-state index is 12.0. The molecule has 0 atom stereocenters. The van der Waals surface area contributed by atoms with Crippen molar-refractivity contribution in [2.45, 2.75) is 11.8 Å². The van der Waals surface area contributed by atoms with Crippen molar-refractivity contribution in [2.24, 2.45) is 0 Å². The third-order valence-electron chi connectivity index (χ3n) is 1.33. The third-order valence-corrected chi connectivity index (χ3v) is 1.76. The van der Waals surface area contributed by atoms with E-state index in [-0.39, 0.29) is 17.9 Å². The molecule has 11 heavy (non-hydrogen) atoms. The van der Waals surface area contributed by atoms with E-state index in [4.69, 9.17) is 0 Å². The SMILES string of the molecule is CC(=O)c1cccc(SF)c1. The van der Waals surface area contributed by atoms with Crippen molar-refractivity contribution in [2.75, 3.05) is 0 Å². The van der Waals surface area contributed by atoms with Gasteiger partial charge in [0.2, 0.25) is 0 Å². The standard InChI is InChI=1S/C8H7FOS/c1-6(10)7-3-2-4-8(5-7)11-9/h2-5H,1H3. The minimum absolute atomic E-state index is 0.0408. The molecule has 0 aliphatic carbocycles. The predicted molar refractivity (Wildman–Crippen MR) is 43.4 cm³/mol. The molecule has 0 unspecified atom stereocenters. The largest absolute Gasteiger partial charge is 0.295 e. The third kappa shape index (κ3) is 2.05. The second-order valence-corrected chi connectivity index (χ2v) is 2.79. The zero-order valence-corrected chi connectivity index (χ0v) is 6.82. The van der Waals surface area contributed by atoms with E-state index in [1.54, 1.807) is 18.2 Å². The second-order valence-electron chi connectivity index (χ2n) is 2.16. The topological polar surface area (TPSA) is 17.1 Å². The van der Waals surface area contributed by atoms with Gasteiger partial charge in [0.1, 0.15) is 0 Å². The van der Waals surface area contributed by atoms with Gasteiger partial charge in [-0.05, 0) is 19.1 Å². The average Bonchev–Trinajstić information content (AvgIpc) is 2.05. The van der Waals surface area contributed by atoms with Gasteiger partial charge in [0, 0.05) is 10.5 Å². The van der Waals surface area contributed by atoms with Gasteiger partial charge in [-0.3, -0.25) is 4.79 Å². The molecule has 0 aliphatic heterocycles. The molecule has 0 radical (unpaired) electrons. The lowest BCUT2D eigenvalue weighted by Gasteiger charge is -1.95. The maximum Gasteiger partial charge on any atom is 0.159 e. The lowest BCUT2D eigenvalue weighted by Crippen LogP contribution is -1.90. The highest BCUT2D eigenvalue weighted by Crippen LogP contribution is 2.19. The van der Waals surface area contributed by atoms with E-state index in [0.717, 1.165) is 0 Å². The Labute approximate surface area is 68.9 Å². The van der Waals surface area contributed by atoms with Crippen LogP contribution in [0.1, 0.15) is 17.3 Å². The maximum atomic E-state index is 12.0. The molecule has 0 aromatic heterocycles. The van der Waals surface area contributed by atoms with Crippen LogP contribution >= 0.6 is 12.1 Å². The first-order chi connectivity index (χ1) is 5.24. The number of benzene rings is 1. The molecular formula is C8H7FOS. The fourth-order valence-corrected chi connectivity index (χ4v) is 1.06. The van der Waals surface area contributed by atoms with Gasteiger partial charge in [-0.15, -0.1) is 0 Å². The van der Waals surface area contributed by atoms with Crippen LogP contribution in [0.2, 0.25) is 0 Å². The van der Waals surface area contributed by atoms with Crippen LogP contribution in [0.4, 0.5) is 3.89 Å². The van der Waals surface area contributed by atoms with E-state index in [0.29, 0.717) is 10.5 Å². The molecule has 0 N–H and O–H groups in total. The molecular weight excluding hydrogens is 163 g/mol. The minimum atomic E-state index is -0.0408. The normalized spacial score (nSPS) is 9.64. The fourth-order valence-electron chi connectivity index (χ4n) is 0.763. The van der Waals surface area contributed by atoms with Gasteiger partial charge in [-0.1, -0.05) is 12.1 Å². The molecule has 0 fully saturated rings. The number of hydrogen-bond donors (Lipinski definition) is 0. The van der Waals surface area contributed by atoms with Gasteiger partial charge in [0.05, 0.1) is 12.1 Å². The Hall–Kier alpha value is -0.830. The highest BCUT2D eigenvalue weighted by Gasteiger charge is 1.99. The fraction of sp³-hybridized carbons (Fsp3) is 0.125. The minimum Gasteiger partial charge on any atom is -0.295 e. The second kappa shape index (κ2) is 3.53. The predicted octanol–water partition coefficient (Wildman–Crippen LogP) is 2.87. The van der Waals surface area contributed by atoms with Crippen molar-refractivity contribution in [3.05, 3.63) is 29.8 Å². The van der Waals surface area contributed by atoms with Gasteiger partial charge in [-0.25, -0.2) is 0 Å². The number of ketones is 1. The monoisotopic (exact) mass is 170 g/mol. The number of hydrogen-bond acceptors (Lipinski definition) is 2. The molecule has 0 saturated carbocycles. The van der Waals surface area contributed by atoms with Gasteiger partial charge in [0.25, 0.3) is 0 Å². The summed E-state index contributed by atoms with van der Waals surface area (Å²) in [4.78, 5) is 11.3. The summed E-state index contributed by atoms with van der Waals surface area (Å²) < 4.78 is 12.0. The highest BCUT2D eigenvalue weighted by atomic mass is 32.2. The molecule has 0 bridgehead atoms. The van der Waals surface area contributed by atoms with Gasteiger partial charge >= 0.3 is 0 Å². The van der Waals surface area contributed by atoms with Crippen molar-refractivity contribution < 1.29 is 8.68 Å². The van der Waals surface area contributed by atoms with Crippen molar-refractivity contribution in [3.8, 4) is 0 Å². The van der Waals surface area contributed by atoms with Gasteiger partial charge < -0.3 is 0 Å². The zero-order chi connectivity index (χ0) is 8.27. The van der Waals surface area contributed by atoms with Crippen molar-refractivity contribution in [1.29, 1.82) is 0 Å². The van der Waals surface area contributed by atoms with Crippen molar-refractivity contribution >= 4 is 17.9 Å². The number of rotatable bonds is 2.